The third-order valence-electron chi connectivity index (χ3n) is 8.81. The highest BCUT2D eigenvalue weighted by Crippen LogP contribution is 2.35. The van der Waals surface area contributed by atoms with Crippen LogP contribution in [0.2, 0.25) is 0 Å². The molecule has 0 saturated carbocycles. The molecule has 8 nitrogen and oxygen atoms in total. The normalized spacial score (nSPS) is 13.2. The second-order valence-corrected chi connectivity index (χ2v) is 13.4. The number of thioether (sulfide) groups is 1. The van der Waals surface area contributed by atoms with Crippen LogP contribution < -0.4 is 20.7 Å². The Labute approximate surface area is 316 Å². The summed E-state index contributed by atoms with van der Waals surface area (Å²) in [7, 11) is 0. The van der Waals surface area contributed by atoms with Crippen LogP contribution in [0.1, 0.15) is 47.6 Å². The van der Waals surface area contributed by atoms with Crippen molar-refractivity contribution in [2.45, 2.75) is 55.9 Å². The van der Waals surface area contributed by atoms with E-state index in [0.717, 1.165) is 35.1 Å². The van der Waals surface area contributed by atoms with E-state index in [1.165, 1.54) is 16.0 Å². The highest BCUT2D eigenvalue weighted by atomic mass is 32.2. The van der Waals surface area contributed by atoms with E-state index in [1.807, 2.05) is 60.7 Å². The van der Waals surface area contributed by atoms with Gasteiger partial charge in [0.2, 0.25) is 11.8 Å². The average molecular weight is 756 g/mol. The number of carbonyl (C=O) groups excluding carboxylic acids is 2. The van der Waals surface area contributed by atoms with Gasteiger partial charge in [0.25, 0.3) is 0 Å². The number of carboxylic acid groups (broad SMARTS) is 1. The molecule has 12 heteroatoms. The summed E-state index contributed by atoms with van der Waals surface area (Å²) < 4.78 is 38.1. The molecular formula is C42H40F3N3O5S. The number of amides is 2. The molecule has 0 radical (unpaired) electrons. The number of benzene rings is 5. The number of aryl methyl sites for hydroxylation is 1. The molecule has 0 fully saturated rings. The number of ether oxygens (including phenoxy) is 1. The zero-order valence-corrected chi connectivity index (χ0v) is 30.3. The van der Waals surface area contributed by atoms with E-state index in [1.54, 1.807) is 16.7 Å². The zero-order valence-electron chi connectivity index (χ0n) is 29.5. The summed E-state index contributed by atoms with van der Waals surface area (Å²) in [5, 5.41) is 10.3. The van der Waals surface area contributed by atoms with Crippen LogP contribution in [0.15, 0.2) is 126 Å². The van der Waals surface area contributed by atoms with E-state index in [4.69, 9.17) is 20.4 Å². The first kappa shape index (κ1) is 39.6. The van der Waals surface area contributed by atoms with Crippen molar-refractivity contribution in [2.24, 2.45) is 5.73 Å². The molecule has 5 aromatic carbocycles. The number of hydrogen-bond donors (Lipinski definition) is 3. The molecule has 0 aliphatic heterocycles. The van der Waals surface area contributed by atoms with Gasteiger partial charge in [0.05, 0.1) is 18.3 Å². The summed E-state index contributed by atoms with van der Waals surface area (Å²) in [6.45, 7) is 0.723. The van der Waals surface area contributed by atoms with Crippen molar-refractivity contribution in [3.8, 4) is 22.6 Å². The number of nitrogens with zero attached hydrogens (tertiary/aromatic N) is 1. The van der Waals surface area contributed by atoms with Gasteiger partial charge < -0.3 is 25.8 Å². The Balaban J connectivity index is 0.000000730. The van der Waals surface area contributed by atoms with Crippen LogP contribution in [0.4, 0.5) is 18.9 Å². The molecule has 2 amide bonds. The van der Waals surface area contributed by atoms with Crippen LogP contribution in [-0.4, -0.2) is 35.3 Å². The van der Waals surface area contributed by atoms with E-state index in [9.17, 15) is 22.8 Å². The standard InChI is InChI=1S/C40H39N3O3S.C2HF3O2/c1-47-34-20-17-31(18-21-34)30-15-13-28(14-16-30)27-43(37-11-4-5-12-38(37)46-33-9-6-7-29(25-33)26-41)40(45)24-23-39(44)42-36-22-19-32-8-2-3-10-35(32)36;3-2(4,5)1(6)7/h2-18,20-21,25,36H,19,22-24,26-27,41H2,1H3,(H,42,44);(H,6,7). The lowest BCUT2D eigenvalue weighted by Gasteiger charge is -2.26. The maximum Gasteiger partial charge on any atom is 0.490 e. The molecule has 54 heavy (non-hydrogen) atoms. The molecule has 0 spiro atoms. The van der Waals surface area contributed by atoms with Crippen LogP contribution in [0.25, 0.3) is 11.1 Å². The predicted octanol–water partition coefficient (Wildman–Crippen LogP) is 9.08. The van der Waals surface area contributed by atoms with Crippen LogP contribution in [0.5, 0.6) is 11.5 Å². The number of rotatable bonds is 12. The molecule has 4 N–H and O–H groups in total. The molecule has 5 aromatic rings. The maximum absolute atomic E-state index is 14.0. The van der Waals surface area contributed by atoms with Gasteiger partial charge in [-0.15, -0.1) is 11.8 Å². The molecule has 0 heterocycles. The minimum absolute atomic E-state index is 0.0150. The van der Waals surface area contributed by atoms with E-state index >= 15 is 0 Å². The fraction of sp³-hybridized carbons (Fsp3) is 0.214. The summed E-state index contributed by atoms with van der Waals surface area (Å²) in [4.78, 5) is 38.9. The number of aliphatic carboxylic acids is 1. The molecule has 6 rings (SSSR count). The van der Waals surface area contributed by atoms with Gasteiger partial charge in [-0.25, -0.2) is 4.79 Å². The quantitative estimate of drug-likeness (QED) is 0.109. The smallest absolute Gasteiger partial charge is 0.475 e. The first-order valence-corrected chi connectivity index (χ1v) is 18.4. The van der Waals surface area contributed by atoms with E-state index in [2.05, 4.69) is 72.2 Å². The fourth-order valence-electron chi connectivity index (χ4n) is 6.03. The second-order valence-electron chi connectivity index (χ2n) is 12.5. The monoisotopic (exact) mass is 755 g/mol. The summed E-state index contributed by atoms with van der Waals surface area (Å²) in [6, 6.07) is 40.1. The van der Waals surface area contributed by atoms with Gasteiger partial charge in [-0.3, -0.25) is 9.59 Å². The number of halogens is 3. The van der Waals surface area contributed by atoms with Crippen molar-refractivity contribution in [3.63, 3.8) is 0 Å². The number of nitrogens with two attached hydrogens (primary N) is 1. The fourth-order valence-corrected chi connectivity index (χ4v) is 6.44. The number of carboxylic acids is 1. The molecule has 1 unspecified atom stereocenters. The van der Waals surface area contributed by atoms with Gasteiger partial charge in [0.15, 0.2) is 5.75 Å². The topological polar surface area (TPSA) is 122 Å². The minimum atomic E-state index is -5.08. The predicted molar refractivity (Wildman–Crippen MR) is 204 cm³/mol. The summed E-state index contributed by atoms with van der Waals surface area (Å²) in [5.41, 5.74) is 13.1. The molecule has 1 aliphatic rings. The minimum Gasteiger partial charge on any atom is -0.475 e. The lowest BCUT2D eigenvalue weighted by Crippen LogP contribution is -2.33. The van der Waals surface area contributed by atoms with Crippen molar-refractivity contribution in [1.82, 2.24) is 5.32 Å². The number of anilines is 1. The average Bonchev–Trinajstić information content (AvgIpc) is 3.59. The van der Waals surface area contributed by atoms with Crippen LogP contribution >= 0.6 is 11.8 Å². The summed E-state index contributed by atoms with van der Waals surface area (Å²) in [5.74, 6) is -1.85. The lowest BCUT2D eigenvalue weighted by atomic mass is 10.0. The van der Waals surface area contributed by atoms with Crippen LogP contribution in [0.3, 0.4) is 0 Å². The van der Waals surface area contributed by atoms with Gasteiger partial charge in [-0.05, 0) is 88.9 Å². The molecule has 1 aliphatic carbocycles. The second kappa shape index (κ2) is 18.4. The number of alkyl halides is 3. The Morgan fingerprint density at radius 3 is 2.17 bits per heavy atom. The van der Waals surface area contributed by atoms with Crippen molar-refractivity contribution in [2.75, 3.05) is 11.2 Å². The first-order valence-electron chi connectivity index (χ1n) is 17.2. The first-order chi connectivity index (χ1) is 25.9. The van der Waals surface area contributed by atoms with E-state index < -0.39 is 12.1 Å². The molecule has 280 valence electrons. The Kier molecular flexibility index (Phi) is 13.5. The summed E-state index contributed by atoms with van der Waals surface area (Å²) >= 11 is 1.72. The van der Waals surface area contributed by atoms with Crippen LogP contribution in [0, 0.1) is 0 Å². The van der Waals surface area contributed by atoms with Gasteiger partial charge in [0, 0.05) is 24.3 Å². The van der Waals surface area contributed by atoms with Crippen LogP contribution in [-0.2, 0) is 33.9 Å². The molecule has 0 saturated heterocycles. The van der Waals surface area contributed by atoms with Gasteiger partial charge >= 0.3 is 12.1 Å². The van der Waals surface area contributed by atoms with Crippen molar-refractivity contribution in [3.05, 3.63) is 144 Å². The number of para-hydroxylation sites is 2. The van der Waals surface area contributed by atoms with Gasteiger partial charge in [-0.2, -0.15) is 13.2 Å². The number of hydrogen-bond acceptors (Lipinski definition) is 6. The number of nitrogens with one attached hydrogen (secondary N) is 1. The van der Waals surface area contributed by atoms with Gasteiger partial charge in [0.1, 0.15) is 5.75 Å². The SMILES string of the molecule is CSc1ccc(-c2ccc(CN(C(=O)CCC(=O)NC3CCc4ccccc43)c3ccccc3Oc3cccc(CN)c3)cc2)cc1.O=C(O)C(F)(F)F. The van der Waals surface area contributed by atoms with E-state index in [-0.39, 0.29) is 30.7 Å². The Morgan fingerprint density at radius 1 is 0.852 bits per heavy atom. The van der Waals surface area contributed by atoms with Crippen molar-refractivity contribution < 1.29 is 37.4 Å². The highest BCUT2D eigenvalue weighted by Gasteiger charge is 2.38. The third-order valence-corrected chi connectivity index (χ3v) is 9.56. The lowest BCUT2D eigenvalue weighted by molar-refractivity contribution is -0.192. The summed E-state index contributed by atoms with van der Waals surface area (Å²) in [6.07, 6.45) is -1.03. The number of carbonyl (C=O) groups is 3. The van der Waals surface area contributed by atoms with E-state index in [0.29, 0.717) is 30.3 Å². The third kappa shape index (κ3) is 10.7. The highest BCUT2D eigenvalue weighted by molar-refractivity contribution is 7.98. The zero-order chi connectivity index (χ0) is 38.7. The maximum atomic E-state index is 14.0. The largest absolute Gasteiger partial charge is 0.490 e. The Bertz CT molecular complexity index is 2060. The number of fused-ring (bicyclic) bond motifs is 1. The Morgan fingerprint density at radius 2 is 1.50 bits per heavy atom. The van der Waals surface area contributed by atoms with Crippen molar-refractivity contribution >= 4 is 35.2 Å². The molecule has 0 bridgehead atoms. The van der Waals surface area contributed by atoms with Gasteiger partial charge in [-0.1, -0.05) is 84.9 Å². The Hall–Kier alpha value is -5.59. The molecule has 0 aromatic heterocycles. The molecule has 1 atom stereocenters. The molecular weight excluding hydrogens is 716 g/mol. The van der Waals surface area contributed by atoms with Crippen molar-refractivity contribution in [1.29, 1.82) is 0 Å².